The maximum Gasteiger partial charge on any atom is 0.150 e. The van der Waals surface area contributed by atoms with Crippen LogP contribution in [-0.4, -0.2) is 32.5 Å². The molecule has 124 valence electrons. The highest BCUT2D eigenvalue weighted by Gasteiger charge is 2.39. The van der Waals surface area contributed by atoms with Gasteiger partial charge in [0.2, 0.25) is 0 Å². The molecule has 0 saturated heterocycles. The summed E-state index contributed by atoms with van der Waals surface area (Å²) >= 11 is 0. The highest BCUT2D eigenvalue weighted by Crippen LogP contribution is 2.40. The van der Waals surface area contributed by atoms with Gasteiger partial charge < -0.3 is 5.32 Å². The van der Waals surface area contributed by atoms with E-state index in [4.69, 9.17) is 0 Å². The third kappa shape index (κ3) is 4.44. The smallest absolute Gasteiger partial charge is 0.150 e. The molecule has 0 radical (unpaired) electrons. The van der Waals surface area contributed by atoms with Crippen molar-refractivity contribution in [3.63, 3.8) is 0 Å². The monoisotopic (exact) mass is 315 g/mol. The molecule has 2 fully saturated rings. The maximum atomic E-state index is 11.9. The van der Waals surface area contributed by atoms with Crippen LogP contribution in [0.5, 0.6) is 0 Å². The van der Waals surface area contributed by atoms with Crippen molar-refractivity contribution in [1.29, 1.82) is 0 Å². The van der Waals surface area contributed by atoms with Gasteiger partial charge >= 0.3 is 0 Å². The Morgan fingerprint density at radius 2 is 1.86 bits per heavy atom. The second kappa shape index (κ2) is 7.45. The van der Waals surface area contributed by atoms with Crippen molar-refractivity contribution in [1.82, 2.24) is 5.32 Å². The van der Waals surface area contributed by atoms with Crippen LogP contribution in [0.1, 0.15) is 65.2 Å². The Bertz CT molecular complexity index is 421. The molecule has 0 aromatic carbocycles. The molecule has 2 saturated carbocycles. The van der Waals surface area contributed by atoms with Crippen molar-refractivity contribution < 1.29 is 8.42 Å². The number of hydrogen-bond acceptors (Lipinski definition) is 3. The van der Waals surface area contributed by atoms with Crippen LogP contribution in [-0.2, 0) is 9.84 Å². The largest absolute Gasteiger partial charge is 0.313 e. The van der Waals surface area contributed by atoms with Crippen LogP contribution in [0.4, 0.5) is 0 Å². The van der Waals surface area contributed by atoms with E-state index in [2.05, 4.69) is 19.2 Å². The Hall–Kier alpha value is -0.0900. The molecule has 0 amide bonds. The van der Waals surface area contributed by atoms with E-state index >= 15 is 0 Å². The minimum absolute atomic E-state index is 0.0983. The lowest BCUT2D eigenvalue weighted by molar-refractivity contribution is 0.183. The molecule has 2 aliphatic carbocycles. The average Bonchev–Trinajstić information content (AvgIpc) is 2.85. The average molecular weight is 316 g/mol. The highest BCUT2D eigenvalue weighted by molar-refractivity contribution is 7.91. The molecule has 5 unspecified atom stereocenters. The van der Waals surface area contributed by atoms with Crippen molar-refractivity contribution >= 4 is 9.84 Å². The lowest BCUT2D eigenvalue weighted by Gasteiger charge is -2.39. The van der Waals surface area contributed by atoms with Gasteiger partial charge in [-0.15, -0.1) is 0 Å². The number of rotatable bonds is 6. The van der Waals surface area contributed by atoms with Gasteiger partial charge in [-0.05, 0) is 56.4 Å². The zero-order valence-electron chi connectivity index (χ0n) is 14.0. The maximum absolute atomic E-state index is 11.9. The normalized spacial score (nSPS) is 35.8. The van der Waals surface area contributed by atoms with Crippen LogP contribution in [0.25, 0.3) is 0 Å². The molecule has 2 rings (SSSR count). The van der Waals surface area contributed by atoms with Crippen molar-refractivity contribution in [3.8, 4) is 0 Å². The lowest BCUT2D eigenvalue weighted by atomic mass is 9.75. The van der Waals surface area contributed by atoms with Gasteiger partial charge in [0.15, 0.2) is 0 Å². The summed E-state index contributed by atoms with van der Waals surface area (Å²) in [5.74, 6) is 2.09. The summed E-state index contributed by atoms with van der Waals surface area (Å²) in [4.78, 5) is 0. The molecule has 2 aliphatic rings. The van der Waals surface area contributed by atoms with Crippen LogP contribution in [0.3, 0.4) is 0 Å². The molecule has 0 aliphatic heterocycles. The van der Waals surface area contributed by atoms with E-state index in [0.717, 1.165) is 44.1 Å². The first-order chi connectivity index (χ1) is 9.93. The topological polar surface area (TPSA) is 46.2 Å². The van der Waals surface area contributed by atoms with Crippen molar-refractivity contribution in [2.24, 2.45) is 17.8 Å². The zero-order valence-corrected chi connectivity index (χ0v) is 14.8. The van der Waals surface area contributed by atoms with Crippen LogP contribution in [0.2, 0.25) is 0 Å². The number of sulfone groups is 1. The number of nitrogens with one attached hydrogen (secondary N) is 1. The Kier molecular flexibility index (Phi) is 6.13. The summed E-state index contributed by atoms with van der Waals surface area (Å²) in [5.41, 5.74) is 0. The summed E-state index contributed by atoms with van der Waals surface area (Å²) in [5, 5.41) is 3.69. The second-order valence-electron chi connectivity index (χ2n) is 7.43. The number of hydrogen-bond donors (Lipinski definition) is 1. The molecule has 0 spiro atoms. The fourth-order valence-electron chi connectivity index (χ4n) is 4.58. The third-order valence-electron chi connectivity index (χ3n) is 5.80. The van der Waals surface area contributed by atoms with Crippen molar-refractivity contribution in [2.75, 3.05) is 12.8 Å². The highest BCUT2D eigenvalue weighted by atomic mass is 32.2. The van der Waals surface area contributed by atoms with E-state index in [9.17, 15) is 8.42 Å². The Balaban J connectivity index is 2.08. The van der Waals surface area contributed by atoms with Gasteiger partial charge in [0.25, 0.3) is 0 Å². The fraction of sp³-hybridized carbons (Fsp3) is 1.00. The second-order valence-corrected chi connectivity index (χ2v) is 9.76. The van der Waals surface area contributed by atoms with Gasteiger partial charge in [-0.1, -0.05) is 33.1 Å². The van der Waals surface area contributed by atoms with E-state index in [1.54, 1.807) is 0 Å². The Morgan fingerprint density at radius 3 is 2.43 bits per heavy atom. The zero-order chi connectivity index (χ0) is 15.5. The molecule has 1 N–H and O–H groups in total. The van der Waals surface area contributed by atoms with Crippen molar-refractivity contribution in [2.45, 2.75) is 76.5 Å². The first kappa shape index (κ1) is 17.3. The fourth-order valence-corrected chi connectivity index (χ4v) is 5.77. The molecule has 0 aromatic heterocycles. The summed E-state index contributed by atoms with van der Waals surface area (Å²) in [6.45, 7) is 5.66. The molecule has 3 nitrogen and oxygen atoms in total. The van der Waals surface area contributed by atoms with E-state index in [-0.39, 0.29) is 5.25 Å². The molecule has 0 heterocycles. The molecule has 5 atom stereocenters. The minimum atomic E-state index is -2.88. The van der Waals surface area contributed by atoms with Crippen LogP contribution in [0, 0.1) is 17.8 Å². The van der Waals surface area contributed by atoms with E-state index < -0.39 is 9.84 Å². The predicted octanol–water partition coefficient (Wildman–Crippen LogP) is 3.39. The first-order valence-electron chi connectivity index (χ1n) is 8.85. The van der Waals surface area contributed by atoms with Gasteiger partial charge in [-0.25, -0.2) is 8.42 Å². The van der Waals surface area contributed by atoms with Crippen LogP contribution >= 0.6 is 0 Å². The van der Waals surface area contributed by atoms with Crippen molar-refractivity contribution in [3.05, 3.63) is 0 Å². The van der Waals surface area contributed by atoms with Gasteiger partial charge in [0.1, 0.15) is 9.84 Å². The van der Waals surface area contributed by atoms with Gasteiger partial charge in [-0.3, -0.25) is 0 Å². The molecule has 4 heteroatoms. The van der Waals surface area contributed by atoms with Crippen LogP contribution < -0.4 is 5.32 Å². The predicted molar refractivity (Wildman–Crippen MR) is 89.2 cm³/mol. The Labute approximate surface area is 131 Å². The van der Waals surface area contributed by atoms with Gasteiger partial charge in [0, 0.05) is 12.3 Å². The summed E-state index contributed by atoms with van der Waals surface area (Å²) in [7, 11) is -2.88. The first-order valence-corrected chi connectivity index (χ1v) is 10.8. The quantitative estimate of drug-likeness (QED) is 0.817. The standard InChI is InChI=1S/C17H33NO2S/c1-4-11-18-17(16-10-5-7-13(16)2)14-8-6-9-15(12-14)21(3,19)20/h13-18H,4-12H2,1-3H3. The SMILES string of the molecule is CCCNC(C1CCCC(S(C)(=O)=O)C1)C1CCCC1C. The van der Waals surface area contributed by atoms with E-state index in [0.29, 0.717) is 12.0 Å². The molecule has 0 bridgehead atoms. The minimum Gasteiger partial charge on any atom is -0.313 e. The molecule has 21 heavy (non-hydrogen) atoms. The molecule has 0 aromatic rings. The molecular formula is C17H33NO2S. The van der Waals surface area contributed by atoms with E-state index in [1.807, 2.05) is 0 Å². The Morgan fingerprint density at radius 1 is 1.14 bits per heavy atom. The molecular weight excluding hydrogens is 282 g/mol. The van der Waals surface area contributed by atoms with E-state index in [1.165, 1.54) is 31.9 Å². The third-order valence-corrected chi connectivity index (χ3v) is 7.44. The summed E-state index contributed by atoms with van der Waals surface area (Å²) in [6.07, 6.45) is 10.6. The lowest BCUT2D eigenvalue weighted by Crippen LogP contribution is -2.46. The summed E-state index contributed by atoms with van der Waals surface area (Å²) in [6, 6.07) is 0.534. The van der Waals surface area contributed by atoms with Gasteiger partial charge in [0.05, 0.1) is 5.25 Å². The van der Waals surface area contributed by atoms with Crippen LogP contribution in [0.15, 0.2) is 0 Å². The van der Waals surface area contributed by atoms with Gasteiger partial charge in [-0.2, -0.15) is 0 Å². The summed E-state index contributed by atoms with van der Waals surface area (Å²) < 4.78 is 23.9.